The molecule has 0 aliphatic heterocycles. The summed E-state index contributed by atoms with van der Waals surface area (Å²) in [6.07, 6.45) is 0. The molecule has 0 heterocycles. The van der Waals surface area contributed by atoms with Crippen LogP contribution in [0.4, 0.5) is 5.69 Å². The molecule has 5 heteroatoms. The van der Waals surface area contributed by atoms with Gasteiger partial charge < -0.3 is 4.74 Å². The van der Waals surface area contributed by atoms with Crippen molar-refractivity contribution >= 4 is 11.7 Å². The minimum atomic E-state index is -0.711. The van der Waals surface area contributed by atoms with Gasteiger partial charge >= 0.3 is 5.97 Å². The van der Waals surface area contributed by atoms with E-state index in [-0.39, 0.29) is 11.3 Å². The molecule has 0 spiro atoms. The van der Waals surface area contributed by atoms with Gasteiger partial charge in [0.25, 0.3) is 5.69 Å². The largest absolute Gasteiger partial charge is 0.465 e. The predicted molar refractivity (Wildman–Crippen MR) is 79.3 cm³/mol. The molecule has 5 nitrogen and oxygen atoms in total. The van der Waals surface area contributed by atoms with E-state index in [0.717, 1.165) is 16.7 Å². The molecular formula is C16H15NO4. The van der Waals surface area contributed by atoms with Crippen molar-refractivity contribution in [3.8, 4) is 11.1 Å². The molecule has 2 rings (SSSR count). The van der Waals surface area contributed by atoms with E-state index < -0.39 is 10.9 Å². The fourth-order valence-corrected chi connectivity index (χ4v) is 2.35. The Bertz CT molecular complexity index is 722. The van der Waals surface area contributed by atoms with Crippen molar-refractivity contribution in [2.75, 3.05) is 7.11 Å². The lowest BCUT2D eigenvalue weighted by atomic mass is 9.94. The number of benzene rings is 2. The third kappa shape index (κ3) is 2.76. The Morgan fingerprint density at radius 2 is 1.86 bits per heavy atom. The molecule has 21 heavy (non-hydrogen) atoms. The molecule has 0 unspecified atom stereocenters. The molecule has 0 aliphatic rings. The van der Waals surface area contributed by atoms with Gasteiger partial charge in [0, 0.05) is 11.6 Å². The van der Waals surface area contributed by atoms with Gasteiger partial charge in [0.05, 0.1) is 12.0 Å². The standard InChI is InChI=1S/C16H15NO4/c1-10-7-8-12(11(2)9-10)13-5-4-6-14(17(19)20)15(13)16(18)21-3/h4-9H,1-3H3. The van der Waals surface area contributed by atoms with E-state index in [1.165, 1.54) is 13.2 Å². The number of rotatable bonds is 3. The SMILES string of the molecule is COC(=O)c1c(-c2ccc(C)cc2C)cccc1[N+](=O)[O-]. The molecule has 0 fully saturated rings. The first-order valence-corrected chi connectivity index (χ1v) is 6.39. The summed E-state index contributed by atoms with van der Waals surface area (Å²) in [7, 11) is 1.21. The van der Waals surface area contributed by atoms with Crippen LogP contribution >= 0.6 is 0 Å². The average molecular weight is 285 g/mol. The van der Waals surface area contributed by atoms with Crippen molar-refractivity contribution in [2.24, 2.45) is 0 Å². The number of carbonyl (C=O) groups is 1. The minimum Gasteiger partial charge on any atom is -0.465 e. The maximum Gasteiger partial charge on any atom is 0.345 e. The normalized spacial score (nSPS) is 10.2. The summed E-state index contributed by atoms with van der Waals surface area (Å²) in [6, 6.07) is 10.3. The Kier molecular flexibility index (Phi) is 4.03. The molecule has 2 aromatic rings. The summed E-state index contributed by atoms with van der Waals surface area (Å²) < 4.78 is 4.71. The molecule has 2 aromatic carbocycles. The quantitative estimate of drug-likeness (QED) is 0.490. The molecule has 0 bridgehead atoms. The lowest BCUT2D eigenvalue weighted by Gasteiger charge is -2.11. The Morgan fingerprint density at radius 3 is 2.43 bits per heavy atom. The van der Waals surface area contributed by atoms with Gasteiger partial charge in [-0.25, -0.2) is 4.79 Å². The maximum atomic E-state index is 12.0. The zero-order chi connectivity index (χ0) is 15.6. The fraction of sp³-hybridized carbons (Fsp3) is 0.188. The first-order chi connectivity index (χ1) is 9.95. The Balaban J connectivity index is 2.76. The average Bonchev–Trinajstić information content (AvgIpc) is 2.45. The fourth-order valence-electron chi connectivity index (χ4n) is 2.35. The molecule has 0 radical (unpaired) electrons. The van der Waals surface area contributed by atoms with Gasteiger partial charge in [0.1, 0.15) is 5.56 Å². The number of ether oxygens (including phenoxy) is 1. The zero-order valence-corrected chi connectivity index (χ0v) is 12.0. The van der Waals surface area contributed by atoms with Crippen molar-refractivity contribution in [1.82, 2.24) is 0 Å². The summed E-state index contributed by atoms with van der Waals surface area (Å²) in [5.74, 6) is -0.711. The molecule has 0 N–H and O–H groups in total. The third-order valence-corrected chi connectivity index (χ3v) is 3.30. The van der Waals surface area contributed by atoms with Crippen LogP contribution in [0.3, 0.4) is 0 Å². The number of esters is 1. The highest BCUT2D eigenvalue weighted by Gasteiger charge is 2.25. The number of hydrogen-bond donors (Lipinski definition) is 0. The number of nitro groups is 1. The van der Waals surface area contributed by atoms with E-state index in [0.29, 0.717) is 5.56 Å². The van der Waals surface area contributed by atoms with Crippen LogP contribution in [0, 0.1) is 24.0 Å². The topological polar surface area (TPSA) is 69.4 Å². The molecule has 0 saturated heterocycles. The lowest BCUT2D eigenvalue weighted by molar-refractivity contribution is -0.385. The van der Waals surface area contributed by atoms with Crippen molar-refractivity contribution in [3.63, 3.8) is 0 Å². The zero-order valence-electron chi connectivity index (χ0n) is 12.0. The molecular weight excluding hydrogens is 270 g/mol. The second-order valence-corrected chi connectivity index (χ2v) is 4.77. The van der Waals surface area contributed by atoms with Gasteiger partial charge in [-0.15, -0.1) is 0 Å². The van der Waals surface area contributed by atoms with Crippen LogP contribution in [0.2, 0.25) is 0 Å². The van der Waals surface area contributed by atoms with E-state index >= 15 is 0 Å². The second kappa shape index (κ2) is 5.75. The molecule has 0 aromatic heterocycles. The number of nitro benzene ring substituents is 1. The number of hydrogen-bond acceptors (Lipinski definition) is 4. The van der Waals surface area contributed by atoms with E-state index in [9.17, 15) is 14.9 Å². The van der Waals surface area contributed by atoms with Crippen molar-refractivity contribution in [2.45, 2.75) is 13.8 Å². The van der Waals surface area contributed by atoms with Crippen LogP contribution in [0.25, 0.3) is 11.1 Å². The first-order valence-electron chi connectivity index (χ1n) is 6.39. The Hall–Kier alpha value is -2.69. The number of nitrogens with zero attached hydrogens (tertiary/aromatic N) is 1. The molecule has 0 aliphatic carbocycles. The summed E-state index contributed by atoms with van der Waals surface area (Å²) >= 11 is 0. The van der Waals surface area contributed by atoms with Gasteiger partial charge in [-0.1, -0.05) is 35.9 Å². The smallest absolute Gasteiger partial charge is 0.345 e. The number of aryl methyl sites for hydroxylation is 2. The van der Waals surface area contributed by atoms with Crippen molar-refractivity contribution in [3.05, 3.63) is 63.2 Å². The van der Waals surface area contributed by atoms with Gasteiger partial charge in [-0.05, 0) is 25.0 Å². The van der Waals surface area contributed by atoms with Crippen LogP contribution < -0.4 is 0 Å². The monoisotopic (exact) mass is 285 g/mol. The van der Waals surface area contributed by atoms with Gasteiger partial charge in [-0.2, -0.15) is 0 Å². The van der Waals surface area contributed by atoms with E-state index in [2.05, 4.69) is 0 Å². The Labute approximate surface area is 122 Å². The lowest BCUT2D eigenvalue weighted by Crippen LogP contribution is -2.08. The molecule has 0 atom stereocenters. The Morgan fingerprint density at radius 1 is 1.14 bits per heavy atom. The van der Waals surface area contributed by atoms with Crippen LogP contribution in [0.15, 0.2) is 36.4 Å². The summed E-state index contributed by atoms with van der Waals surface area (Å²) in [6.45, 7) is 3.87. The minimum absolute atomic E-state index is 0.0167. The van der Waals surface area contributed by atoms with E-state index in [4.69, 9.17) is 4.74 Å². The van der Waals surface area contributed by atoms with Crippen molar-refractivity contribution < 1.29 is 14.5 Å². The third-order valence-electron chi connectivity index (χ3n) is 3.30. The maximum absolute atomic E-state index is 12.0. The second-order valence-electron chi connectivity index (χ2n) is 4.77. The number of methoxy groups -OCH3 is 1. The summed E-state index contributed by atoms with van der Waals surface area (Å²) in [5, 5.41) is 11.2. The van der Waals surface area contributed by atoms with Gasteiger partial charge in [0.15, 0.2) is 0 Å². The van der Waals surface area contributed by atoms with Crippen LogP contribution in [-0.4, -0.2) is 18.0 Å². The van der Waals surface area contributed by atoms with E-state index in [1.807, 2.05) is 32.0 Å². The van der Waals surface area contributed by atoms with E-state index in [1.54, 1.807) is 12.1 Å². The molecule has 0 saturated carbocycles. The van der Waals surface area contributed by atoms with Crippen LogP contribution in [0.1, 0.15) is 21.5 Å². The predicted octanol–water partition coefficient (Wildman–Crippen LogP) is 3.67. The first kappa shape index (κ1) is 14.7. The highest BCUT2D eigenvalue weighted by molar-refractivity contribution is 6.01. The molecule has 0 amide bonds. The highest BCUT2D eigenvalue weighted by Crippen LogP contribution is 2.33. The summed E-state index contributed by atoms with van der Waals surface area (Å²) in [4.78, 5) is 22.6. The summed E-state index contributed by atoms with van der Waals surface area (Å²) in [5.41, 5.74) is 3.05. The number of carbonyl (C=O) groups excluding carboxylic acids is 1. The molecule has 108 valence electrons. The van der Waals surface area contributed by atoms with Crippen molar-refractivity contribution in [1.29, 1.82) is 0 Å². The van der Waals surface area contributed by atoms with Gasteiger partial charge in [-0.3, -0.25) is 10.1 Å². The van der Waals surface area contributed by atoms with Crippen LogP contribution in [-0.2, 0) is 4.74 Å². The highest BCUT2D eigenvalue weighted by atomic mass is 16.6. The van der Waals surface area contributed by atoms with Gasteiger partial charge in [0.2, 0.25) is 0 Å². The van der Waals surface area contributed by atoms with Crippen LogP contribution in [0.5, 0.6) is 0 Å².